The van der Waals surface area contributed by atoms with Crippen LogP contribution in [0.25, 0.3) is 22.0 Å². The van der Waals surface area contributed by atoms with E-state index < -0.39 is 0 Å². The van der Waals surface area contributed by atoms with Gasteiger partial charge in [0.1, 0.15) is 0 Å². The number of nitrogens with zero attached hydrogens (tertiary/aromatic N) is 3. The summed E-state index contributed by atoms with van der Waals surface area (Å²) < 4.78 is 5.28. The Morgan fingerprint density at radius 2 is 1.74 bits per heavy atom. The van der Waals surface area contributed by atoms with Gasteiger partial charge in [0.15, 0.2) is 11.5 Å². The van der Waals surface area contributed by atoms with Crippen molar-refractivity contribution in [3.05, 3.63) is 47.6 Å². The van der Waals surface area contributed by atoms with E-state index in [1.54, 1.807) is 18.3 Å². The lowest BCUT2D eigenvalue weighted by atomic mass is 9.89. The van der Waals surface area contributed by atoms with Gasteiger partial charge in [0.05, 0.1) is 23.3 Å². The number of phenolic OH excluding ortho intramolecular Hbond substituents is 1. The maximum Gasteiger partial charge on any atom is 0.176 e. The van der Waals surface area contributed by atoms with Crippen molar-refractivity contribution in [2.24, 2.45) is 0 Å². The standard InChI is InChI=1S/C25H29ClN3O2/c1-28(2)18-6-8-19(9-7-18)29(3)23-11-12-27-22-10-5-16(13-20(22)23)17-14-21(26)25(30)24(15-17)31-4/h5,10,12-15,18-19,30H,6-9H2,1-4H3/t18-,19-. The van der Waals surface area contributed by atoms with Crippen molar-refractivity contribution in [2.75, 3.05) is 33.2 Å². The smallest absolute Gasteiger partial charge is 0.176 e. The van der Waals surface area contributed by atoms with Gasteiger partial charge >= 0.3 is 0 Å². The van der Waals surface area contributed by atoms with Crippen LogP contribution in [0.15, 0.2) is 36.5 Å². The Labute approximate surface area is 189 Å². The van der Waals surface area contributed by atoms with Crippen molar-refractivity contribution < 1.29 is 9.84 Å². The van der Waals surface area contributed by atoms with E-state index in [9.17, 15) is 5.11 Å². The van der Waals surface area contributed by atoms with Crippen LogP contribution in [0.1, 0.15) is 25.7 Å². The fourth-order valence-electron chi connectivity index (χ4n) is 4.59. The fraction of sp³-hybridized carbons (Fsp3) is 0.400. The highest BCUT2D eigenvalue weighted by atomic mass is 35.5. The number of anilines is 1. The number of hydrogen-bond acceptors (Lipinski definition) is 5. The second-order valence-corrected chi connectivity index (χ2v) is 8.94. The molecule has 163 valence electrons. The van der Waals surface area contributed by atoms with Gasteiger partial charge in [-0.25, -0.2) is 0 Å². The van der Waals surface area contributed by atoms with Gasteiger partial charge < -0.3 is 19.6 Å². The number of fused-ring (bicyclic) bond motifs is 1. The zero-order valence-electron chi connectivity index (χ0n) is 18.5. The van der Waals surface area contributed by atoms with Crippen LogP contribution in [0.4, 0.5) is 5.69 Å². The second kappa shape index (κ2) is 8.93. The third-order valence-electron chi connectivity index (χ3n) is 6.54. The number of benzene rings is 2. The third-order valence-corrected chi connectivity index (χ3v) is 6.82. The topological polar surface area (TPSA) is 48.8 Å². The maximum atomic E-state index is 10.1. The molecule has 3 aromatic rings. The first-order valence-electron chi connectivity index (χ1n) is 10.7. The van der Waals surface area contributed by atoms with E-state index in [0.717, 1.165) is 27.7 Å². The number of rotatable bonds is 5. The fourth-order valence-corrected chi connectivity index (χ4v) is 4.80. The van der Waals surface area contributed by atoms with Crippen molar-refractivity contribution in [3.8, 4) is 22.6 Å². The van der Waals surface area contributed by atoms with Gasteiger partial charge in [-0.05, 0) is 75.2 Å². The number of ether oxygens (including phenoxy) is 1. The number of halogens is 1. The van der Waals surface area contributed by atoms with Crippen LogP contribution < -0.4 is 9.64 Å². The van der Waals surface area contributed by atoms with Crippen LogP contribution in [-0.2, 0) is 0 Å². The summed E-state index contributed by atoms with van der Waals surface area (Å²) in [7, 11) is 8.03. The number of phenols is 1. The minimum absolute atomic E-state index is 0.0440. The summed E-state index contributed by atoms with van der Waals surface area (Å²) in [6.45, 7) is 0. The van der Waals surface area contributed by atoms with Gasteiger partial charge in [-0.15, -0.1) is 0 Å². The Balaban J connectivity index is 1.69. The highest BCUT2D eigenvalue weighted by Crippen LogP contribution is 2.40. The SMILES string of the molecule is COc1cc(-c2ccc3nc[c]c(N(C)[C@H]4CC[C@H](N(C)C)CC4)c3c2)cc(Cl)c1O. The van der Waals surface area contributed by atoms with E-state index in [4.69, 9.17) is 16.3 Å². The maximum absolute atomic E-state index is 10.1. The van der Waals surface area contributed by atoms with Gasteiger partial charge in [-0.2, -0.15) is 0 Å². The molecule has 1 fully saturated rings. The molecule has 4 rings (SSSR count). The predicted molar refractivity (Wildman–Crippen MR) is 127 cm³/mol. The zero-order chi connectivity index (χ0) is 22.1. The first-order chi connectivity index (χ1) is 14.9. The Kier molecular flexibility index (Phi) is 6.26. The summed E-state index contributed by atoms with van der Waals surface area (Å²) in [6, 6.07) is 14.3. The number of hydrogen-bond donors (Lipinski definition) is 1. The van der Waals surface area contributed by atoms with E-state index in [1.165, 1.54) is 32.8 Å². The lowest BCUT2D eigenvalue weighted by molar-refractivity contribution is 0.215. The molecule has 2 aromatic carbocycles. The quantitative estimate of drug-likeness (QED) is 0.579. The van der Waals surface area contributed by atoms with E-state index in [1.807, 2.05) is 12.1 Å². The molecule has 1 heterocycles. The molecule has 0 bridgehead atoms. The molecular formula is C25H29ClN3O2. The average Bonchev–Trinajstić information content (AvgIpc) is 2.79. The molecule has 1 aliphatic rings. The number of pyridine rings is 1. The van der Waals surface area contributed by atoms with Crippen LogP contribution in [0.5, 0.6) is 11.5 Å². The van der Waals surface area contributed by atoms with Crippen LogP contribution in [-0.4, -0.2) is 55.3 Å². The number of methoxy groups -OCH3 is 1. The molecule has 1 N–H and O–H groups in total. The molecule has 1 aromatic heterocycles. The average molecular weight is 439 g/mol. The largest absolute Gasteiger partial charge is 0.503 e. The molecule has 0 amide bonds. The van der Waals surface area contributed by atoms with Gasteiger partial charge in [0, 0.05) is 36.8 Å². The number of aromatic hydroxyl groups is 1. The summed E-state index contributed by atoms with van der Waals surface area (Å²) >= 11 is 6.22. The van der Waals surface area contributed by atoms with Crippen LogP contribution >= 0.6 is 11.6 Å². The molecule has 6 heteroatoms. The van der Waals surface area contributed by atoms with E-state index in [2.05, 4.69) is 48.1 Å². The Morgan fingerprint density at radius 3 is 2.42 bits per heavy atom. The van der Waals surface area contributed by atoms with E-state index >= 15 is 0 Å². The Bertz CT molecular complexity index is 1080. The second-order valence-electron chi connectivity index (χ2n) is 8.53. The molecule has 31 heavy (non-hydrogen) atoms. The highest BCUT2D eigenvalue weighted by Gasteiger charge is 2.26. The normalized spacial score (nSPS) is 19.0. The lowest BCUT2D eigenvalue weighted by Crippen LogP contribution is -2.40. The monoisotopic (exact) mass is 438 g/mol. The minimum Gasteiger partial charge on any atom is -0.503 e. The summed E-state index contributed by atoms with van der Waals surface area (Å²) in [6.07, 6.45) is 6.52. The first-order valence-corrected chi connectivity index (χ1v) is 11.0. The molecule has 0 unspecified atom stereocenters. The summed E-state index contributed by atoms with van der Waals surface area (Å²) in [5.41, 5.74) is 3.87. The molecule has 5 nitrogen and oxygen atoms in total. The first kappa shape index (κ1) is 21.7. The van der Waals surface area contributed by atoms with Crippen molar-refractivity contribution in [2.45, 2.75) is 37.8 Å². The van der Waals surface area contributed by atoms with Gasteiger partial charge in [0.25, 0.3) is 0 Å². The Hall–Kier alpha value is -2.50. The van der Waals surface area contributed by atoms with Crippen molar-refractivity contribution in [1.82, 2.24) is 9.88 Å². The van der Waals surface area contributed by atoms with Crippen molar-refractivity contribution in [3.63, 3.8) is 0 Å². The highest BCUT2D eigenvalue weighted by molar-refractivity contribution is 6.32. The Morgan fingerprint density at radius 1 is 1.03 bits per heavy atom. The molecule has 0 saturated heterocycles. The molecule has 0 aliphatic heterocycles. The molecule has 0 spiro atoms. The van der Waals surface area contributed by atoms with Gasteiger partial charge in [-0.1, -0.05) is 17.7 Å². The van der Waals surface area contributed by atoms with E-state index in [0.29, 0.717) is 17.8 Å². The van der Waals surface area contributed by atoms with Crippen LogP contribution in [0, 0.1) is 6.07 Å². The third kappa shape index (κ3) is 4.30. The lowest BCUT2D eigenvalue weighted by Gasteiger charge is -2.38. The number of aromatic nitrogens is 1. The van der Waals surface area contributed by atoms with Crippen LogP contribution in [0.2, 0.25) is 5.02 Å². The van der Waals surface area contributed by atoms with E-state index in [-0.39, 0.29) is 10.8 Å². The predicted octanol–water partition coefficient (Wildman–Crippen LogP) is 5.38. The molecule has 1 radical (unpaired) electrons. The van der Waals surface area contributed by atoms with Crippen molar-refractivity contribution in [1.29, 1.82) is 0 Å². The van der Waals surface area contributed by atoms with Crippen LogP contribution in [0.3, 0.4) is 0 Å². The zero-order valence-corrected chi connectivity index (χ0v) is 19.3. The molecule has 0 atom stereocenters. The van der Waals surface area contributed by atoms with Crippen molar-refractivity contribution >= 4 is 28.2 Å². The molecule has 1 aliphatic carbocycles. The molecular weight excluding hydrogens is 410 g/mol. The minimum atomic E-state index is -0.0440. The van der Waals surface area contributed by atoms with Gasteiger partial charge in [-0.3, -0.25) is 4.98 Å². The summed E-state index contributed by atoms with van der Waals surface area (Å²) in [5.74, 6) is 0.313. The summed E-state index contributed by atoms with van der Waals surface area (Å²) in [4.78, 5) is 9.23. The molecule has 1 saturated carbocycles. The summed E-state index contributed by atoms with van der Waals surface area (Å²) in [5, 5.41) is 11.4. The van der Waals surface area contributed by atoms with Gasteiger partial charge in [0.2, 0.25) is 0 Å².